The quantitative estimate of drug-likeness (QED) is 0.694. The van der Waals surface area contributed by atoms with Gasteiger partial charge in [-0.1, -0.05) is 20.3 Å². The molecule has 0 aromatic carbocycles. The molecule has 1 N–H and O–H groups in total. The molecule has 0 radical (unpaired) electrons. The molecule has 0 aromatic heterocycles. The Labute approximate surface area is 98.6 Å². The second kappa shape index (κ2) is 6.86. The first-order chi connectivity index (χ1) is 7.43. The van der Waals surface area contributed by atoms with E-state index < -0.39 is 11.5 Å². The first-order valence-corrected chi connectivity index (χ1v) is 5.93. The predicted molar refractivity (Wildman–Crippen MR) is 64.7 cm³/mol. The van der Waals surface area contributed by atoms with E-state index in [1.807, 2.05) is 25.7 Å². The van der Waals surface area contributed by atoms with Crippen molar-refractivity contribution >= 4 is 5.97 Å². The van der Waals surface area contributed by atoms with Crippen LogP contribution >= 0.6 is 0 Å². The van der Waals surface area contributed by atoms with E-state index in [2.05, 4.69) is 0 Å². The summed E-state index contributed by atoms with van der Waals surface area (Å²) in [5, 5.41) is 9.40. The summed E-state index contributed by atoms with van der Waals surface area (Å²) in [6.07, 6.45) is 1.52. The molecule has 2 unspecified atom stereocenters. The minimum Gasteiger partial charge on any atom is -0.480 e. The summed E-state index contributed by atoms with van der Waals surface area (Å²) >= 11 is 0. The molecular weight excluding hydrogens is 206 g/mol. The Morgan fingerprint density at radius 3 is 2.38 bits per heavy atom. The maximum absolute atomic E-state index is 11.4. The zero-order chi connectivity index (χ0) is 12.8. The zero-order valence-electron chi connectivity index (χ0n) is 11.1. The number of hydrogen-bond acceptors (Lipinski definition) is 3. The third-order valence-electron chi connectivity index (χ3n) is 3.11. The van der Waals surface area contributed by atoms with Crippen molar-refractivity contribution in [3.05, 3.63) is 0 Å². The van der Waals surface area contributed by atoms with Crippen molar-refractivity contribution in [2.75, 3.05) is 20.3 Å². The molecular formula is C12H25NO3. The van der Waals surface area contributed by atoms with Crippen molar-refractivity contribution in [3.63, 3.8) is 0 Å². The molecule has 0 amide bonds. The van der Waals surface area contributed by atoms with Crippen molar-refractivity contribution in [2.45, 2.75) is 52.1 Å². The molecule has 0 saturated carbocycles. The smallest absolute Gasteiger partial charge is 0.323 e. The average Bonchev–Trinajstić information content (AvgIpc) is 2.19. The number of ether oxygens (including phenoxy) is 1. The number of aliphatic carboxylic acids is 1. The van der Waals surface area contributed by atoms with Crippen molar-refractivity contribution in [3.8, 4) is 0 Å². The topological polar surface area (TPSA) is 49.8 Å². The Morgan fingerprint density at radius 1 is 1.50 bits per heavy atom. The van der Waals surface area contributed by atoms with Gasteiger partial charge in [-0.2, -0.15) is 0 Å². The van der Waals surface area contributed by atoms with Crippen LogP contribution in [0.15, 0.2) is 0 Å². The van der Waals surface area contributed by atoms with Crippen LogP contribution in [0.4, 0.5) is 0 Å². The highest BCUT2D eigenvalue weighted by atomic mass is 16.5. The van der Waals surface area contributed by atoms with Gasteiger partial charge in [0.2, 0.25) is 0 Å². The molecule has 0 aliphatic carbocycles. The Kier molecular flexibility index (Phi) is 6.60. The number of likely N-dealkylation sites (N-methyl/N-ethyl adjacent to an activating group) is 1. The molecule has 0 saturated heterocycles. The molecule has 0 aromatic rings. The number of nitrogens with zero attached hydrogens (tertiary/aromatic N) is 1. The number of hydrogen-bond donors (Lipinski definition) is 1. The maximum atomic E-state index is 11.4. The van der Waals surface area contributed by atoms with Crippen molar-refractivity contribution in [1.82, 2.24) is 4.90 Å². The summed E-state index contributed by atoms with van der Waals surface area (Å²) in [6.45, 7) is 9.07. The summed E-state index contributed by atoms with van der Waals surface area (Å²) in [4.78, 5) is 13.4. The number of methoxy groups -OCH3 is 1. The van der Waals surface area contributed by atoms with Gasteiger partial charge in [0, 0.05) is 13.2 Å². The van der Waals surface area contributed by atoms with Crippen molar-refractivity contribution in [2.24, 2.45) is 0 Å². The minimum atomic E-state index is -0.790. The van der Waals surface area contributed by atoms with Crippen molar-refractivity contribution < 1.29 is 14.6 Å². The first-order valence-electron chi connectivity index (χ1n) is 5.93. The first kappa shape index (κ1) is 15.4. The van der Waals surface area contributed by atoms with E-state index in [9.17, 15) is 9.90 Å². The third kappa shape index (κ3) is 3.46. The van der Waals surface area contributed by atoms with Gasteiger partial charge in [-0.25, -0.2) is 0 Å². The number of carboxylic acids is 1. The van der Waals surface area contributed by atoms with E-state index >= 15 is 0 Å². The maximum Gasteiger partial charge on any atom is 0.323 e. The highest BCUT2D eigenvalue weighted by Gasteiger charge is 2.40. The van der Waals surface area contributed by atoms with Gasteiger partial charge in [0.15, 0.2) is 0 Å². The molecule has 96 valence electrons. The van der Waals surface area contributed by atoms with Crippen LogP contribution in [0.1, 0.15) is 40.5 Å². The van der Waals surface area contributed by atoms with Gasteiger partial charge < -0.3 is 9.84 Å². The van der Waals surface area contributed by atoms with Gasteiger partial charge in [0.05, 0.1) is 6.61 Å². The van der Waals surface area contributed by atoms with E-state index in [1.54, 1.807) is 14.0 Å². The fourth-order valence-corrected chi connectivity index (χ4v) is 2.34. The lowest BCUT2D eigenvalue weighted by Gasteiger charge is -2.41. The molecule has 0 bridgehead atoms. The normalized spacial score (nSPS) is 17.1. The lowest BCUT2D eigenvalue weighted by atomic mass is 9.92. The largest absolute Gasteiger partial charge is 0.480 e. The number of carboxylic acid groups (broad SMARTS) is 1. The lowest BCUT2D eigenvalue weighted by Crippen LogP contribution is -2.56. The van der Waals surface area contributed by atoms with E-state index in [0.717, 1.165) is 6.42 Å². The molecule has 0 aliphatic rings. The highest BCUT2D eigenvalue weighted by Crippen LogP contribution is 2.24. The summed E-state index contributed by atoms with van der Waals surface area (Å²) in [5.41, 5.74) is -0.790. The molecule has 2 atom stereocenters. The van der Waals surface area contributed by atoms with Crippen LogP contribution in [0, 0.1) is 0 Å². The van der Waals surface area contributed by atoms with E-state index in [0.29, 0.717) is 19.6 Å². The van der Waals surface area contributed by atoms with Gasteiger partial charge in [-0.3, -0.25) is 9.69 Å². The van der Waals surface area contributed by atoms with Gasteiger partial charge in [0.25, 0.3) is 0 Å². The van der Waals surface area contributed by atoms with E-state index in [1.165, 1.54) is 0 Å². The lowest BCUT2D eigenvalue weighted by molar-refractivity contribution is -0.153. The van der Waals surface area contributed by atoms with Crippen molar-refractivity contribution in [1.29, 1.82) is 0 Å². The molecule has 4 nitrogen and oxygen atoms in total. The van der Waals surface area contributed by atoms with Crippen LogP contribution in [-0.2, 0) is 9.53 Å². The van der Waals surface area contributed by atoms with Gasteiger partial charge in [-0.15, -0.1) is 0 Å². The summed E-state index contributed by atoms with van der Waals surface area (Å²) in [5.74, 6) is -0.751. The molecule has 16 heavy (non-hydrogen) atoms. The zero-order valence-corrected chi connectivity index (χ0v) is 11.1. The summed E-state index contributed by atoms with van der Waals surface area (Å²) in [6, 6.07) is 0.114. The van der Waals surface area contributed by atoms with E-state index in [4.69, 9.17) is 4.74 Å². The fraction of sp³-hybridized carbons (Fsp3) is 0.917. The van der Waals surface area contributed by atoms with Crippen LogP contribution in [0.5, 0.6) is 0 Å². The predicted octanol–water partition coefficient (Wildman–Crippen LogP) is 1.99. The standard InChI is InChI=1S/C12H25NO3/c1-6-8-12(4,11(14)15)13(7-2)10(3)9-16-5/h10H,6-9H2,1-5H3,(H,14,15). The Balaban J connectivity index is 4.90. The molecule has 0 fully saturated rings. The SMILES string of the molecule is CCCC(C)(C(=O)O)N(CC)C(C)COC. The Hall–Kier alpha value is -0.610. The number of carbonyl (C=O) groups is 1. The average molecular weight is 231 g/mol. The van der Waals surface area contributed by atoms with Gasteiger partial charge in [-0.05, 0) is 26.8 Å². The number of rotatable bonds is 8. The van der Waals surface area contributed by atoms with Gasteiger partial charge in [0.1, 0.15) is 5.54 Å². The van der Waals surface area contributed by atoms with E-state index in [-0.39, 0.29) is 6.04 Å². The Bertz CT molecular complexity index is 220. The second-order valence-electron chi connectivity index (χ2n) is 4.42. The van der Waals surface area contributed by atoms with Crippen LogP contribution in [0.3, 0.4) is 0 Å². The van der Waals surface area contributed by atoms with Crippen LogP contribution < -0.4 is 0 Å². The Morgan fingerprint density at radius 2 is 2.06 bits per heavy atom. The minimum absolute atomic E-state index is 0.114. The highest BCUT2D eigenvalue weighted by molar-refractivity contribution is 5.78. The fourth-order valence-electron chi connectivity index (χ4n) is 2.34. The molecule has 0 rings (SSSR count). The molecule has 0 spiro atoms. The van der Waals surface area contributed by atoms with Gasteiger partial charge >= 0.3 is 5.97 Å². The molecule has 4 heteroatoms. The van der Waals surface area contributed by atoms with Crippen LogP contribution in [0.2, 0.25) is 0 Å². The van der Waals surface area contributed by atoms with Crippen LogP contribution in [-0.4, -0.2) is 47.8 Å². The monoisotopic (exact) mass is 231 g/mol. The molecule has 0 heterocycles. The summed E-state index contributed by atoms with van der Waals surface area (Å²) < 4.78 is 5.10. The van der Waals surface area contributed by atoms with Crippen LogP contribution in [0.25, 0.3) is 0 Å². The molecule has 0 aliphatic heterocycles. The summed E-state index contributed by atoms with van der Waals surface area (Å²) in [7, 11) is 1.64. The third-order valence-corrected chi connectivity index (χ3v) is 3.11. The second-order valence-corrected chi connectivity index (χ2v) is 4.42.